The molecule has 0 radical (unpaired) electrons. The van der Waals surface area contributed by atoms with Gasteiger partial charge in [0.1, 0.15) is 0 Å². The summed E-state index contributed by atoms with van der Waals surface area (Å²) >= 11 is 0. The lowest BCUT2D eigenvalue weighted by atomic mass is 10.1. The molecule has 0 saturated heterocycles. The lowest BCUT2D eigenvalue weighted by molar-refractivity contribution is 0.0949. The van der Waals surface area contributed by atoms with Gasteiger partial charge in [0.2, 0.25) is 0 Å². The Morgan fingerprint density at radius 3 is 2.93 bits per heavy atom. The quantitative estimate of drug-likeness (QED) is 0.418. The number of aryl methyl sites for hydroxylation is 1. The van der Waals surface area contributed by atoms with Crippen LogP contribution in [0.25, 0.3) is 0 Å². The molecule has 0 bridgehead atoms. The fourth-order valence-electron chi connectivity index (χ4n) is 1.28. The molecule has 0 spiro atoms. The van der Waals surface area contributed by atoms with E-state index in [1.165, 1.54) is 0 Å². The van der Waals surface area contributed by atoms with E-state index in [9.17, 15) is 4.79 Å². The summed E-state index contributed by atoms with van der Waals surface area (Å²) in [4.78, 5) is 11.7. The highest BCUT2D eigenvalue weighted by molar-refractivity contribution is 5.96. The number of ketones is 1. The summed E-state index contributed by atoms with van der Waals surface area (Å²) < 4.78 is 5.10. The summed E-state index contributed by atoms with van der Waals surface area (Å²) in [5, 5.41) is 0. The third-order valence-electron chi connectivity index (χ3n) is 2.02. The minimum Gasteiger partial charge on any atom is -0.501 e. The summed E-state index contributed by atoms with van der Waals surface area (Å²) in [5.41, 5.74) is 1.87. The summed E-state index contributed by atoms with van der Waals surface area (Å²) in [6, 6.07) is 7.62. The Morgan fingerprint density at radius 1 is 1.47 bits per heavy atom. The number of Topliss-reactive ketones (excluding diaryl/α,β-unsaturated/α-hetero) is 1. The Morgan fingerprint density at radius 2 is 2.27 bits per heavy atom. The average molecular weight is 204 g/mol. The van der Waals surface area contributed by atoms with Crippen LogP contribution < -0.4 is 0 Å². The largest absolute Gasteiger partial charge is 0.501 e. The van der Waals surface area contributed by atoms with Gasteiger partial charge >= 0.3 is 0 Å². The molecule has 0 aliphatic rings. The minimum atomic E-state index is 0.128. The first-order chi connectivity index (χ1) is 7.24. The molecule has 0 N–H and O–H groups in total. The van der Waals surface area contributed by atoms with E-state index in [1.807, 2.05) is 38.1 Å². The average Bonchev–Trinajstić information content (AvgIpc) is 2.24. The SMILES string of the molecule is C/C=C\OCCC(=O)c1cccc(C)c1. The van der Waals surface area contributed by atoms with Crippen molar-refractivity contribution in [3.05, 3.63) is 47.7 Å². The summed E-state index contributed by atoms with van der Waals surface area (Å²) in [6.07, 6.45) is 3.83. The zero-order valence-electron chi connectivity index (χ0n) is 9.19. The van der Waals surface area contributed by atoms with Gasteiger partial charge in [0, 0.05) is 12.0 Å². The number of hydrogen-bond acceptors (Lipinski definition) is 2. The molecule has 0 atom stereocenters. The topological polar surface area (TPSA) is 26.3 Å². The lowest BCUT2D eigenvalue weighted by Gasteiger charge is -2.02. The van der Waals surface area contributed by atoms with Crippen molar-refractivity contribution < 1.29 is 9.53 Å². The van der Waals surface area contributed by atoms with E-state index in [1.54, 1.807) is 12.3 Å². The molecular weight excluding hydrogens is 188 g/mol. The van der Waals surface area contributed by atoms with Crippen LogP contribution in [0.15, 0.2) is 36.6 Å². The van der Waals surface area contributed by atoms with Crippen molar-refractivity contribution in [3.63, 3.8) is 0 Å². The van der Waals surface area contributed by atoms with Crippen LogP contribution in [-0.2, 0) is 4.74 Å². The van der Waals surface area contributed by atoms with Crippen LogP contribution in [0.5, 0.6) is 0 Å². The van der Waals surface area contributed by atoms with E-state index in [-0.39, 0.29) is 5.78 Å². The molecule has 0 heterocycles. The number of rotatable bonds is 5. The number of ether oxygens (including phenoxy) is 1. The molecule has 1 aromatic carbocycles. The van der Waals surface area contributed by atoms with Crippen LogP contribution in [0.2, 0.25) is 0 Å². The van der Waals surface area contributed by atoms with E-state index >= 15 is 0 Å². The van der Waals surface area contributed by atoms with Crippen LogP contribution in [0.4, 0.5) is 0 Å². The molecule has 0 aliphatic carbocycles. The zero-order chi connectivity index (χ0) is 11.1. The van der Waals surface area contributed by atoms with Crippen molar-refractivity contribution in [1.29, 1.82) is 0 Å². The number of carbonyl (C=O) groups is 1. The maximum Gasteiger partial charge on any atom is 0.166 e. The van der Waals surface area contributed by atoms with Crippen molar-refractivity contribution in [1.82, 2.24) is 0 Å². The number of benzene rings is 1. The van der Waals surface area contributed by atoms with E-state index in [2.05, 4.69) is 0 Å². The standard InChI is InChI=1S/C13H16O2/c1-3-8-15-9-7-13(14)12-6-4-5-11(2)10-12/h3-6,8,10H,7,9H2,1-2H3/b8-3-. The molecule has 0 aliphatic heterocycles. The van der Waals surface area contributed by atoms with Gasteiger partial charge in [-0.05, 0) is 19.9 Å². The molecular formula is C13H16O2. The van der Waals surface area contributed by atoms with Crippen LogP contribution in [0.3, 0.4) is 0 Å². The van der Waals surface area contributed by atoms with E-state index in [0.717, 1.165) is 11.1 Å². The first-order valence-electron chi connectivity index (χ1n) is 5.06. The van der Waals surface area contributed by atoms with Gasteiger partial charge in [-0.15, -0.1) is 0 Å². The van der Waals surface area contributed by atoms with Gasteiger partial charge in [0.25, 0.3) is 0 Å². The second-order valence-electron chi connectivity index (χ2n) is 3.38. The van der Waals surface area contributed by atoms with Gasteiger partial charge in [0.15, 0.2) is 5.78 Å². The predicted molar refractivity (Wildman–Crippen MR) is 60.9 cm³/mol. The van der Waals surface area contributed by atoms with E-state index in [4.69, 9.17) is 4.74 Å². The summed E-state index contributed by atoms with van der Waals surface area (Å²) in [5.74, 6) is 0.128. The molecule has 0 unspecified atom stereocenters. The first-order valence-corrected chi connectivity index (χ1v) is 5.06. The molecule has 80 valence electrons. The van der Waals surface area contributed by atoms with Crippen LogP contribution in [-0.4, -0.2) is 12.4 Å². The van der Waals surface area contributed by atoms with Gasteiger partial charge in [-0.1, -0.05) is 29.8 Å². The Balaban J connectivity index is 2.47. The summed E-state index contributed by atoms with van der Waals surface area (Å²) in [6.45, 7) is 4.30. The third-order valence-corrected chi connectivity index (χ3v) is 2.02. The highest BCUT2D eigenvalue weighted by Gasteiger charge is 2.04. The van der Waals surface area contributed by atoms with Gasteiger partial charge in [-0.3, -0.25) is 4.79 Å². The van der Waals surface area contributed by atoms with Crippen molar-refractivity contribution in [3.8, 4) is 0 Å². The molecule has 2 nitrogen and oxygen atoms in total. The molecule has 0 fully saturated rings. The van der Waals surface area contributed by atoms with Crippen LogP contribution >= 0.6 is 0 Å². The zero-order valence-corrected chi connectivity index (χ0v) is 9.19. The van der Waals surface area contributed by atoms with Crippen molar-refractivity contribution in [2.45, 2.75) is 20.3 Å². The Hall–Kier alpha value is -1.57. The Labute approximate surface area is 90.6 Å². The fourth-order valence-corrected chi connectivity index (χ4v) is 1.28. The van der Waals surface area contributed by atoms with Crippen molar-refractivity contribution in [2.75, 3.05) is 6.61 Å². The highest BCUT2D eigenvalue weighted by Crippen LogP contribution is 2.06. The summed E-state index contributed by atoms with van der Waals surface area (Å²) in [7, 11) is 0. The molecule has 1 aromatic rings. The van der Waals surface area contributed by atoms with Gasteiger partial charge in [-0.2, -0.15) is 0 Å². The second-order valence-corrected chi connectivity index (χ2v) is 3.38. The van der Waals surface area contributed by atoms with Gasteiger partial charge in [-0.25, -0.2) is 0 Å². The minimum absolute atomic E-state index is 0.128. The molecule has 15 heavy (non-hydrogen) atoms. The maximum absolute atomic E-state index is 11.7. The van der Waals surface area contributed by atoms with Gasteiger partial charge < -0.3 is 4.74 Å². The second kappa shape index (κ2) is 6.02. The molecule has 1 rings (SSSR count). The molecule has 0 aromatic heterocycles. The molecule has 0 saturated carbocycles. The number of carbonyl (C=O) groups excluding carboxylic acids is 1. The van der Waals surface area contributed by atoms with Crippen molar-refractivity contribution >= 4 is 5.78 Å². The number of allylic oxidation sites excluding steroid dienone is 1. The monoisotopic (exact) mass is 204 g/mol. The van der Waals surface area contributed by atoms with Crippen molar-refractivity contribution in [2.24, 2.45) is 0 Å². The smallest absolute Gasteiger partial charge is 0.166 e. The van der Waals surface area contributed by atoms with E-state index in [0.29, 0.717) is 13.0 Å². The lowest BCUT2D eigenvalue weighted by Crippen LogP contribution is -2.03. The fraction of sp³-hybridized carbons (Fsp3) is 0.308. The molecule has 0 amide bonds. The number of hydrogen-bond donors (Lipinski definition) is 0. The third kappa shape index (κ3) is 3.98. The highest BCUT2D eigenvalue weighted by atomic mass is 16.5. The van der Waals surface area contributed by atoms with Crippen LogP contribution in [0, 0.1) is 6.92 Å². The maximum atomic E-state index is 11.7. The van der Waals surface area contributed by atoms with Crippen LogP contribution in [0.1, 0.15) is 29.3 Å². The normalized spacial score (nSPS) is 10.5. The Bertz CT molecular complexity index is 353. The predicted octanol–water partition coefficient (Wildman–Crippen LogP) is 3.12. The first kappa shape index (κ1) is 11.5. The van der Waals surface area contributed by atoms with Gasteiger partial charge in [0.05, 0.1) is 12.9 Å². The molecule has 2 heteroatoms. The Kier molecular flexibility index (Phi) is 4.61. The van der Waals surface area contributed by atoms with E-state index < -0.39 is 0 Å².